The quantitative estimate of drug-likeness (QED) is 0.137. The minimum absolute atomic E-state index is 0.0704. The van der Waals surface area contributed by atoms with Crippen LogP contribution in [0.5, 0.6) is 0 Å². The first kappa shape index (κ1) is 37.7. The normalized spacial score (nSPS) is 32.1. The van der Waals surface area contributed by atoms with Gasteiger partial charge in [0.05, 0.1) is 23.7 Å². The summed E-state index contributed by atoms with van der Waals surface area (Å²) in [5.41, 5.74) is -0.530. The van der Waals surface area contributed by atoms with E-state index in [4.69, 9.17) is 4.74 Å². The predicted molar refractivity (Wildman–Crippen MR) is 208 cm³/mol. The molecule has 6 atom stereocenters. The number of aliphatic hydroxyl groups is 2. The van der Waals surface area contributed by atoms with Gasteiger partial charge in [0.15, 0.2) is 11.4 Å². The topological polar surface area (TPSA) is 104 Å². The van der Waals surface area contributed by atoms with E-state index in [9.17, 15) is 19.8 Å². The van der Waals surface area contributed by atoms with Gasteiger partial charge in [-0.3, -0.25) is 14.4 Å². The molecule has 282 valence electrons. The maximum absolute atomic E-state index is 15.1. The molecule has 2 N–H and O–H groups in total. The molecule has 4 bridgehead atoms. The second kappa shape index (κ2) is 13.9. The van der Waals surface area contributed by atoms with Crippen molar-refractivity contribution in [1.29, 1.82) is 0 Å². The van der Waals surface area contributed by atoms with Crippen molar-refractivity contribution in [3.63, 3.8) is 0 Å². The molecule has 2 aromatic carbocycles. The van der Waals surface area contributed by atoms with Gasteiger partial charge in [-0.1, -0.05) is 81.0 Å². The van der Waals surface area contributed by atoms with Crippen LogP contribution in [0, 0.1) is 16.2 Å². The number of hydrogen-bond acceptors (Lipinski definition) is 7. The standard InChI is InChI=1S/C45H55NO6S/c1-30-11-9-21-42(4)37(35-18-16-31(27-33(47)17-15-30)28-36(35)38(48)32-12-7-6-8-13-32)19-22-44(42,51)29-46(25-20-34-14-10-26-53-34)39(49)45-24-23-43(5,40(50)52-45)41(45,2)3/h6-8,10-14,16,18,26,28,33,37,47,51H,9,15,17,19-25,27,29H2,1-5H3. The van der Waals surface area contributed by atoms with Gasteiger partial charge >= 0.3 is 5.97 Å². The molecule has 3 aromatic rings. The van der Waals surface area contributed by atoms with E-state index in [1.54, 1.807) is 11.3 Å². The molecule has 53 heavy (non-hydrogen) atoms. The summed E-state index contributed by atoms with van der Waals surface area (Å²) >= 11 is 1.65. The number of carbonyl (C=O) groups excluding carboxylic acids is 3. The second-order valence-corrected chi connectivity index (χ2v) is 18.4. The van der Waals surface area contributed by atoms with Crippen molar-refractivity contribution in [3.05, 3.63) is 105 Å². The van der Waals surface area contributed by atoms with Gasteiger partial charge in [0, 0.05) is 33.4 Å². The van der Waals surface area contributed by atoms with Crippen LogP contribution in [0.4, 0.5) is 0 Å². The molecular formula is C45H55NO6S. The van der Waals surface area contributed by atoms with Crippen LogP contribution in [-0.2, 0) is 27.2 Å². The Hall–Kier alpha value is -3.59. The molecule has 0 radical (unpaired) electrons. The lowest BCUT2D eigenvalue weighted by molar-refractivity contribution is -0.177. The average Bonchev–Trinajstić information content (AvgIpc) is 3.83. The Bertz CT molecular complexity index is 1900. The second-order valence-electron chi connectivity index (χ2n) is 17.4. The van der Waals surface area contributed by atoms with E-state index < -0.39 is 33.6 Å². The van der Waals surface area contributed by atoms with Gasteiger partial charge < -0.3 is 19.8 Å². The van der Waals surface area contributed by atoms with E-state index in [-0.39, 0.29) is 30.1 Å². The third-order valence-corrected chi connectivity index (χ3v) is 15.3. The Morgan fingerprint density at radius 1 is 0.962 bits per heavy atom. The summed E-state index contributed by atoms with van der Waals surface area (Å²) in [5, 5.41) is 26.2. The summed E-state index contributed by atoms with van der Waals surface area (Å²) in [7, 11) is 0. The number of benzene rings is 2. The summed E-state index contributed by atoms with van der Waals surface area (Å²) in [4.78, 5) is 45.7. The number of thiophene rings is 1. The van der Waals surface area contributed by atoms with Gasteiger partial charge in [0.1, 0.15) is 0 Å². The van der Waals surface area contributed by atoms with E-state index in [1.807, 2.05) is 79.6 Å². The average molecular weight is 738 g/mol. The first-order valence-electron chi connectivity index (χ1n) is 19.5. The van der Waals surface area contributed by atoms with Crippen molar-refractivity contribution in [1.82, 2.24) is 4.90 Å². The number of rotatable bonds is 8. The third kappa shape index (κ3) is 6.23. The Balaban J connectivity index is 1.30. The predicted octanol–water partition coefficient (Wildman–Crippen LogP) is 8.21. The SMILES string of the molecule is CC1=CCCC2(C)C(CCC2(O)CN(CCc2cccs2)C(=O)C23CCC(C)(C(=O)O2)C3(C)C)c2ccc(cc2C(=O)c2ccccc2)CC(O)CC1. The fourth-order valence-corrected chi connectivity index (χ4v) is 10.9. The first-order chi connectivity index (χ1) is 25.1. The van der Waals surface area contributed by atoms with Gasteiger partial charge in [-0.05, 0) is 113 Å². The third-order valence-electron chi connectivity index (χ3n) is 14.3. The molecule has 2 heterocycles. The first-order valence-corrected chi connectivity index (χ1v) is 20.4. The lowest BCUT2D eigenvalue weighted by Crippen LogP contribution is -2.60. The van der Waals surface area contributed by atoms with Crippen molar-refractivity contribution in [2.75, 3.05) is 13.1 Å². The fourth-order valence-electron chi connectivity index (χ4n) is 10.2. The zero-order chi connectivity index (χ0) is 37.8. The van der Waals surface area contributed by atoms with Crippen molar-refractivity contribution in [3.8, 4) is 0 Å². The number of allylic oxidation sites excluding steroid dienone is 2. The molecule has 1 aromatic heterocycles. The van der Waals surface area contributed by atoms with Gasteiger partial charge in [-0.15, -0.1) is 11.3 Å². The van der Waals surface area contributed by atoms with Crippen LogP contribution in [0.2, 0.25) is 0 Å². The molecule has 1 amide bonds. The minimum atomic E-state index is -1.30. The highest BCUT2D eigenvalue weighted by molar-refractivity contribution is 7.09. The van der Waals surface area contributed by atoms with Crippen LogP contribution in [-0.4, -0.2) is 63.2 Å². The molecular weight excluding hydrogens is 683 g/mol. The number of aliphatic hydroxyl groups excluding tert-OH is 1. The summed E-state index contributed by atoms with van der Waals surface area (Å²) in [5.74, 6) is -0.770. The number of ether oxygens (including phenoxy) is 1. The lowest BCUT2D eigenvalue weighted by Gasteiger charge is -2.47. The molecule has 1 aliphatic heterocycles. The number of amides is 1. The van der Waals surface area contributed by atoms with Gasteiger partial charge in [-0.2, -0.15) is 0 Å². The highest BCUT2D eigenvalue weighted by atomic mass is 32.1. The molecule has 1 saturated heterocycles. The van der Waals surface area contributed by atoms with Gasteiger partial charge in [0.25, 0.3) is 5.91 Å². The Morgan fingerprint density at radius 3 is 2.42 bits per heavy atom. The summed E-state index contributed by atoms with van der Waals surface area (Å²) in [6.45, 7) is 10.7. The number of esters is 1. The van der Waals surface area contributed by atoms with E-state index in [1.165, 1.54) is 5.57 Å². The summed E-state index contributed by atoms with van der Waals surface area (Å²) in [6, 6.07) is 19.5. The van der Waals surface area contributed by atoms with E-state index in [0.717, 1.165) is 22.4 Å². The zero-order valence-corrected chi connectivity index (χ0v) is 32.8. The van der Waals surface area contributed by atoms with Gasteiger partial charge in [-0.25, -0.2) is 0 Å². The van der Waals surface area contributed by atoms with Crippen LogP contribution >= 0.6 is 11.3 Å². The van der Waals surface area contributed by atoms with Crippen LogP contribution < -0.4 is 0 Å². The number of hydrogen-bond donors (Lipinski definition) is 2. The maximum atomic E-state index is 15.1. The number of ketones is 1. The smallest absolute Gasteiger partial charge is 0.313 e. The monoisotopic (exact) mass is 737 g/mol. The number of carbonyl (C=O) groups is 3. The van der Waals surface area contributed by atoms with E-state index >= 15 is 4.79 Å². The molecule has 4 aliphatic carbocycles. The van der Waals surface area contributed by atoms with Crippen molar-refractivity contribution in [2.24, 2.45) is 16.2 Å². The van der Waals surface area contributed by atoms with E-state index in [2.05, 4.69) is 32.1 Å². The Labute approximate surface area is 318 Å². The molecule has 0 spiro atoms. The molecule has 8 rings (SSSR count). The molecule has 7 nitrogen and oxygen atoms in total. The van der Waals surface area contributed by atoms with Gasteiger partial charge in [0.2, 0.25) is 0 Å². The number of fused-ring (bicyclic) bond motifs is 10. The van der Waals surface area contributed by atoms with Crippen LogP contribution in [0.1, 0.15) is 124 Å². The van der Waals surface area contributed by atoms with Crippen LogP contribution in [0.3, 0.4) is 0 Å². The summed E-state index contributed by atoms with van der Waals surface area (Å²) in [6.07, 6.45) is 7.69. The zero-order valence-electron chi connectivity index (χ0n) is 32.0. The largest absolute Gasteiger partial charge is 0.448 e. The minimum Gasteiger partial charge on any atom is -0.448 e. The molecule has 8 heteroatoms. The van der Waals surface area contributed by atoms with Crippen molar-refractivity contribution in [2.45, 2.75) is 122 Å². The van der Waals surface area contributed by atoms with Crippen LogP contribution in [0.15, 0.2) is 77.7 Å². The summed E-state index contributed by atoms with van der Waals surface area (Å²) < 4.78 is 6.14. The molecule has 2 saturated carbocycles. The maximum Gasteiger partial charge on any atom is 0.313 e. The molecule has 6 unspecified atom stereocenters. The molecule has 5 aliphatic rings. The number of nitrogens with zero attached hydrogens (tertiary/aromatic N) is 1. The highest BCUT2D eigenvalue weighted by Gasteiger charge is 2.76. The Morgan fingerprint density at radius 2 is 1.74 bits per heavy atom. The molecule has 3 fully saturated rings. The van der Waals surface area contributed by atoms with E-state index in [0.29, 0.717) is 75.5 Å². The highest BCUT2D eigenvalue weighted by Crippen LogP contribution is 2.66. The van der Waals surface area contributed by atoms with Crippen molar-refractivity contribution >= 4 is 29.0 Å². The van der Waals surface area contributed by atoms with Crippen molar-refractivity contribution < 1.29 is 29.3 Å². The Kier molecular flexibility index (Phi) is 9.91. The lowest BCUT2D eigenvalue weighted by atomic mass is 9.64. The van der Waals surface area contributed by atoms with Crippen LogP contribution in [0.25, 0.3) is 0 Å². The fraction of sp³-hybridized carbons (Fsp3) is 0.533.